The molecule has 1 aromatic heterocycles. The molecular formula is C25H29N5O3. The molecule has 2 aromatic carbocycles. The summed E-state index contributed by atoms with van der Waals surface area (Å²) in [5.74, 6) is 0.313. The van der Waals surface area contributed by atoms with Gasteiger partial charge in [-0.05, 0) is 43.0 Å². The lowest BCUT2D eigenvalue weighted by molar-refractivity contribution is -0.122. The smallest absolute Gasteiger partial charge is 0.254 e. The monoisotopic (exact) mass is 447 g/mol. The van der Waals surface area contributed by atoms with Crippen LogP contribution in [0.3, 0.4) is 0 Å². The van der Waals surface area contributed by atoms with E-state index in [1.807, 2.05) is 35.9 Å². The molecule has 2 atom stereocenters. The van der Waals surface area contributed by atoms with Crippen LogP contribution in [0.25, 0.3) is 11.0 Å². The summed E-state index contributed by atoms with van der Waals surface area (Å²) >= 11 is 0. The van der Waals surface area contributed by atoms with Crippen LogP contribution in [0.15, 0.2) is 48.5 Å². The fraction of sp³-hybridized carbons (Fsp3) is 0.360. The highest BCUT2D eigenvalue weighted by molar-refractivity contribution is 6.09. The number of benzene rings is 2. The molecule has 0 aliphatic carbocycles. The van der Waals surface area contributed by atoms with E-state index in [0.717, 1.165) is 23.3 Å². The van der Waals surface area contributed by atoms with Gasteiger partial charge in [-0.15, -0.1) is 0 Å². The van der Waals surface area contributed by atoms with E-state index in [1.165, 1.54) is 0 Å². The quantitative estimate of drug-likeness (QED) is 0.517. The van der Waals surface area contributed by atoms with Crippen LogP contribution in [0, 0.1) is 5.92 Å². The molecule has 33 heavy (non-hydrogen) atoms. The molecule has 0 saturated heterocycles. The van der Waals surface area contributed by atoms with Gasteiger partial charge in [-0.2, -0.15) is 0 Å². The van der Waals surface area contributed by atoms with Crippen molar-refractivity contribution in [3.8, 4) is 0 Å². The van der Waals surface area contributed by atoms with Gasteiger partial charge in [0, 0.05) is 13.5 Å². The number of carbonyl (C=O) groups is 3. The predicted octanol–water partition coefficient (Wildman–Crippen LogP) is 3.31. The van der Waals surface area contributed by atoms with Crippen LogP contribution in [-0.4, -0.2) is 33.3 Å². The van der Waals surface area contributed by atoms with Gasteiger partial charge < -0.3 is 20.5 Å². The molecule has 3 amide bonds. The normalized spacial score (nSPS) is 16.7. The number of amides is 3. The summed E-state index contributed by atoms with van der Waals surface area (Å²) in [6, 6.07) is 13.7. The maximum absolute atomic E-state index is 12.9. The van der Waals surface area contributed by atoms with Crippen molar-refractivity contribution in [3.63, 3.8) is 0 Å². The lowest BCUT2D eigenvalue weighted by Crippen LogP contribution is -2.42. The van der Waals surface area contributed by atoms with E-state index >= 15 is 0 Å². The van der Waals surface area contributed by atoms with Crippen LogP contribution in [0.4, 0.5) is 5.69 Å². The zero-order valence-electron chi connectivity index (χ0n) is 19.1. The maximum Gasteiger partial charge on any atom is 0.254 e. The summed E-state index contributed by atoms with van der Waals surface area (Å²) < 4.78 is 2.01. The number of anilines is 1. The van der Waals surface area contributed by atoms with Crippen molar-refractivity contribution < 1.29 is 14.4 Å². The Labute approximate surface area is 192 Å². The molecular weight excluding hydrogens is 418 g/mol. The lowest BCUT2D eigenvalue weighted by atomic mass is 10.0. The largest absolute Gasteiger partial charge is 0.346 e. The highest BCUT2D eigenvalue weighted by atomic mass is 16.2. The summed E-state index contributed by atoms with van der Waals surface area (Å²) in [5.41, 5.74) is 2.78. The zero-order valence-corrected chi connectivity index (χ0v) is 19.1. The highest BCUT2D eigenvalue weighted by Gasteiger charge is 2.28. The Balaban J connectivity index is 1.44. The van der Waals surface area contributed by atoms with E-state index in [9.17, 15) is 14.4 Å². The molecule has 0 fully saturated rings. The van der Waals surface area contributed by atoms with Gasteiger partial charge in [0.25, 0.3) is 5.91 Å². The Morgan fingerprint density at radius 2 is 1.85 bits per heavy atom. The number of imidazole rings is 1. The first-order valence-corrected chi connectivity index (χ1v) is 11.2. The summed E-state index contributed by atoms with van der Waals surface area (Å²) in [5, 5.41) is 8.61. The molecule has 8 nitrogen and oxygen atoms in total. The molecule has 0 spiro atoms. The Morgan fingerprint density at radius 3 is 2.61 bits per heavy atom. The van der Waals surface area contributed by atoms with Gasteiger partial charge >= 0.3 is 0 Å². The Morgan fingerprint density at radius 1 is 1.12 bits per heavy atom. The molecule has 0 bridgehead atoms. The van der Waals surface area contributed by atoms with E-state index in [0.29, 0.717) is 17.2 Å². The SMILES string of the molecule is CC(C)C[C@@H](NC(=O)CC[C@@H]1NC(=O)c2ccccc2NC1=O)c1nc2ccccc2n1C. The van der Waals surface area contributed by atoms with Gasteiger partial charge in [0.1, 0.15) is 11.9 Å². The number of nitrogens with zero attached hydrogens (tertiary/aromatic N) is 2. The number of fused-ring (bicyclic) bond motifs is 2. The van der Waals surface area contributed by atoms with Crippen molar-refractivity contribution in [2.45, 2.75) is 45.2 Å². The van der Waals surface area contributed by atoms with Crippen LogP contribution in [0.1, 0.15) is 55.3 Å². The van der Waals surface area contributed by atoms with Gasteiger partial charge in [0.2, 0.25) is 11.8 Å². The van der Waals surface area contributed by atoms with Crippen LogP contribution in [-0.2, 0) is 16.6 Å². The minimum Gasteiger partial charge on any atom is -0.346 e. The second-order valence-corrected chi connectivity index (χ2v) is 8.87. The molecule has 3 aromatic rings. The molecule has 0 saturated carbocycles. The van der Waals surface area contributed by atoms with Crippen molar-refractivity contribution in [1.82, 2.24) is 20.2 Å². The van der Waals surface area contributed by atoms with Crippen molar-refractivity contribution in [1.29, 1.82) is 0 Å². The number of para-hydroxylation sites is 3. The highest BCUT2D eigenvalue weighted by Crippen LogP contribution is 2.25. The van der Waals surface area contributed by atoms with Crippen molar-refractivity contribution in [2.75, 3.05) is 5.32 Å². The Hall–Kier alpha value is -3.68. The minimum absolute atomic E-state index is 0.104. The second kappa shape index (κ2) is 9.44. The summed E-state index contributed by atoms with van der Waals surface area (Å²) in [4.78, 5) is 42.7. The third-order valence-corrected chi connectivity index (χ3v) is 5.89. The standard InChI is InChI=1S/C25H29N5O3/c1-15(2)14-20(23-27-18-10-6-7-11-21(18)30(23)3)26-22(31)13-12-19-25(33)28-17-9-5-4-8-16(17)24(32)29-19/h4-11,15,19-20H,12-14H2,1-3H3,(H,26,31)(H,28,33)(H,29,32)/t19-,20+/m0/s1. The summed E-state index contributed by atoms with van der Waals surface area (Å²) in [7, 11) is 1.95. The maximum atomic E-state index is 12.9. The lowest BCUT2D eigenvalue weighted by Gasteiger charge is -2.21. The molecule has 0 radical (unpaired) electrons. The molecule has 3 N–H and O–H groups in total. The molecule has 1 aliphatic rings. The summed E-state index contributed by atoms with van der Waals surface area (Å²) in [6.45, 7) is 4.20. The first-order chi connectivity index (χ1) is 15.8. The fourth-order valence-electron chi connectivity index (χ4n) is 4.23. The Bertz CT molecular complexity index is 1200. The molecule has 4 rings (SSSR count). The van der Waals surface area contributed by atoms with Gasteiger partial charge in [0.05, 0.1) is 28.3 Å². The number of carbonyl (C=O) groups excluding carboxylic acids is 3. The average Bonchev–Trinajstić information content (AvgIpc) is 3.06. The number of hydrogen-bond acceptors (Lipinski definition) is 4. The van der Waals surface area contributed by atoms with E-state index in [-0.39, 0.29) is 36.6 Å². The van der Waals surface area contributed by atoms with Gasteiger partial charge in [-0.1, -0.05) is 38.1 Å². The number of aryl methyl sites for hydroxylation is 1. The van der Waals surface area contributed by atoms with E-state index in [1.54, 1.807) is 24.3 Å². The van der Waals surface area contributed by atoms with Crippen molar-refractivity contribution >= 4 is 34.4 Å². The van der Waals surface area contributed by atoms with E-state index in [2.05, 4.69) is 29.8 Å². The average molecular weight is 448 g/mol. The first kappa shape index (κ1) is 22.5. The zero-order chi connectivity index (χ0) is 23.5. The van der Waals surface area contributed by atoms with Gasteiger partial charge in [-0.25, -0.2) is 4.98 Å². The van der Waals surface area contributed by atoms with E-state index < -0.39 is 6.04 Å². The minimum atomic E-state index is -0.782. The number of aromatic nitrogens is 2. The van der Waals surface area contributed by atoms with Gasteiger partial charge in [0.15, 0.2) is 0 Å². The third kappa shape index (κ3) is 4.89. The predicted molar refractivity (Wildman–Crippen MR) is 127 cm³/mol. The molecule has 8 heteroatoms. The second-order valence-electron chi connectivity index (χ2n) is 8.87. The fourth-order valence-corrected chi connectivity index (χ4v) is 4.23. The van der Waals surface area contributed by atoms with Crippen LogP contribution in [0.5, 0.6) is 0 Å². The first-order valence-electron chi connectivity index (χ1n) is 11.2. The molecule has 172 valence electrons. The Kier molecular flexibility index (Phi) is 6.44. The van der Waals surface area contributed by atoms with Gasteiger partial charge in [-0.3, -0.25) is 14.4 Å². The topological polar surface area (TPSA) is 105 Å². The van der Waals surface area contributed by atoms with Crippen LogP contribution >= 0.6 is 0 Å². The van der Waals surface area contributed by atoms with Crippen molar-refractivity contribution in [2.24, 2.45) is 13.0 Å². The third-order valence-electron chi connectivity index (χ3n) is 5.89. The summed E-state index contributed by atoms with van der Waals surface area (Å²) in [6.07, 6.45) is 1.04. The van der Waals surface area contributed by atoms with Crippen molar-refractivity contribution in [3.05, 3.63) is 59.9 Å². The molecule has 1 aliphatic heterocycles. The number of nitrogens with one attached hydrogen (secondary N) is 3. The number of hydrogen-bond donors (Lipinski definition) is 3. The molecule has 2 heterocycles. The van der Waals surface area contributed by atoms with Crippen LogP contribution < -0.4 is 16.0 Å². The number of rotatable bonds is 7. The van der Waals surface area contributed by atoms with E-state index in [4.69, 9.17) is 4.98 Å². The molecule has 0 unspecified atom stereocenters. The van der Waals surface area contributed by atoms with Crippen LogP contribution in [0.2, 0.25) is 0 Å².